The Bertz CT molecular complexity index is 727. The van der Waals surface area contributed by atoms with Crippen molar-refractivity contribution in [3.63, 3.8) is 0 Å². The summed E-state index contributed by atoms with van der Waals surface area (Å²) in [5.74, 6) is 1.12. The van der Waals surface area contributed by atoms with Crippen molar-refractivity contribution in [2.75, 3.05) is 11.1 Å². The SMILES string of the molecule is CCc1ccc(NC(=O)CC2CS/C(=N\C3CCCCC3)N2C2CCCCC2)cc1.Cl. The highest BCUT2D eigenvalue weighted by molar-refractivity contribution is 8.14. The molecule has 0 bridgehead atoms. The normalized spacial score (nSPS) is 24.2. The van der Waals surface area contributed by atoms with Crippen molar-refractivity contribution in [1.29, 1.82) is 0 Å². The van der Waals surface area contributed by atoms with Gasteiger partial charge in [-0.1, -0.05) is 69.3 Å². The fraction of sp³-hybridized carbons (Fsp3) is 0.680. The van der Waals surface area contributed by atoms with Crippen molar-refractivity contribution >= 4 is 40.9 Å². The number of nitrogens with zero attached hydrogens (tertiary/aromatic N) is 2. The molecule has 1 atom stereocenters. The predicted molar refractivity (Wildman–Crippen MR) is 136 cm³/mol. The van der Waals surface area contributed by atoms with Gasteiger partial charge in [0.2, 0.25) is 5.91 Å². The van der Waals surface area contributed by atoms with Crippen molar-refractivity contribution in [3.8, 4) is 0 Å². The van der Waals surface area contributed by atoms with Gasteiger partial charge in [-0.15, -0.1) is 12.4 Å². The quantitative estimate of drug-likeness (QED) is 0.528. The van der Waals surface area contributed by atoms with Gasteiger partial charge in [-0.25, -0.2) is 0 Å². The van der Waals surface area contributed by atoms with Gasteiger partial charge in [-0.2, -0.15) is 0 Å². The molecule has 0 aromatic heterocycles. The number of halogens is 1. The zero-order valence-electron chi connectivity index (χ0n) is 18.9. The Labute approximate surface area is 198 Å². The predicted octanol–water partition coefficient (Wildman–Crippen LogP) is 6.44. The lowest BCUT2D eigenvalue weighted by atomic mass is 9.93. The van der Waals surface area contributed by atoms with Gasteiger partial charge < -0.3 is 10.2 Å². The van der Waals surface area contributed by atoms with E-state index in [9.17, 15) is 4.79 Å². The minimum atomic E-state index is 0. The maximum atomic E-state index is 12.9. The van der Waals surface area contributed by atoms with Crippen molar-refractivity contribution < 1.29 is 4.79 Å². The highest BCUT2D eigenvalue weighted by atomic mass is 35.5. The Kier molecular flexibility index (Phi) is 9.58. The van der Waals surface area contributed by atoms with Crippen LogP contribution in [0.3, 0.4) is 0 Å². The third kappa shape index (κ3) is 6.64. The van der Waals surface area contributed by atoms with Gasteiger partial charge in [0.05, 0.1) is 6.04 Å². The number of thioether (sulfide) groups is 1. The lowest BCUT2D eigenvalue weighted by Crippen LogP contribution is -2.45. The van der Waals surface area contributed by atoms with E-state index >= 15 is 0 Å². The molecule has 4 rings (SSSR count). The smallest absolute Gasteiger partial charge is 0.226 e. The maximum absolute atomic E-state index is 12.9. The van der Waals surface area contributed by atoms with Gasteiger partial charge in [0.25, 0.3) is 0 Å². The molecule has 0 radical (unpaired) electrons. The number of amidine groups is 1. The summed E-state index contributed by atoms with van der Waals surface area (Å²) >= 11 is 1.90. The van der Waals surface area contributed by atoms with Gasteiger partial charge in [0.1, 0.15) is 0 Å². The molecule has 1 aromatic carbocycles. The van der Waals surface area contributed by atoms with Crippen LogP contribution < -0.4 is 5.32 Å². The molecule has 1 aromatic rings. The van der Waals surface area contributed by atoms with E-state index in [1.165, 1.54) is 74.9 Å². The summed E-state index contributed by atoms with van der Waals surface area (Å²) in [5.41, 5.74) is 2.20. The number of aryl methyl sites for hydroxylation is 1. The topological polar surface area (TPSA) is 44.7 Å². The minimum Gasteiger partial charge on any atom is -0.344 e. The van der Waals surface area contributed by atoms with Crippen LogP contribution in [0.15, 0.2) is 29.3 Å². The molecule has 1 unspecified atom stereocenters. The number of benzene rings is 1. The molecule has 172 valence electrons. The van der Waals surface area contributed by atoms with Gasteiger partial charge in [-0.3, -0.25) is 9.79 Å². The first kappa shape index (κ1) is 24.4. The molecular weight excluding hydrogens is 426 g/mol. The summed E-state index contributed by atoms with van der Waals surface area (Å²) < 4.78 is 0. The van der Waals surface area contributed by atoms with Crippen LogP contribution in [0.1, 0.15) is 83.1 Å². The van der Waals surface area contributed by atoms with E-state index in [2.05, 4.69) is 29.3 Å². The highest BCUT2D eigenvalue weighted by Gasteiger charge is 2.37. The number of carbonyl (C=O) groups excluding carboxylic acids is 1. The molecule has 2 aliphatic carbocycles. The zero-order chi connectivity index (χ0) is 20.8. The molecule has 1 heterocycles. The number of hydrogen-bond acceptors (Lipinski definition) is 3. The molecular formula is C25H38ClN3OS. The summed E-state index contributed by atoms with van der Waals surface area (Å²) in [6.07, 6.45) is 14.5. The van der Waals surface area contributed by atoms with Gasteiger partial charge in [0, 0.05) is 29.9 Å². The summed E-state index contributed by atoms with van der Waals surface area (Å²) in [4.78, 5) is 20.7. The van der Waals surface area contributed by atoms with Crippen molar-refractivity contribution in [2.45, 2.75) is 102 Å². The third-order valence-corrected chi connectivity index (χ3v) is 8.05. The largest absolute Gasteiger partial charge is 0.344 e. The fourth-order valence-electron chi connectivity index (χ4n) is 5.17. The first-order valence-electron chi connectivity index (χ1n) is 12.1. The van der Waals surface area contributed by atoms with E-state index in [0.717, 1.165) is 17.9 Å². The van der Waals surface area contributed by atoms with Crippen LogP contribution in [0.2, 0.25) is 0 Å². The molecule has 1 saturated heterocycles. The second kappa shape index (κ2) is 12.2. The Hall–Kier alpha value is -1.20. The molecule has 31 heavy (non-hydrogen) atoms. The number of hydrogen-bond donors (Lipinski definition) is 1. The Morgan fingerprint density at radius 2 is 1.68 bits per heavy atom. The Morgan fingerprint density at radius 1 is 1.03 bits per heavy atom. The van der Waals surface area contributed by atoms with Gasteiger partial charge in [-0.05, 0) is 49.8 Å². The number of anilines is 1. The summed E-state index contributed by atoms with van der Waals surface area (Å²) in [7, 11) is 0. The average Bonchev–Trinajstić information content (AvgIpc) is 3.17. The van der Waals surface area contributed by atoms with Crippen LogP contribution in [-0.4, -0.2) is 39.9 Å². The van der Waals surface area contributed by atoms with Crippen LogP contribution in [0, 0.1) is 0 Å². The van der Waals surface area contributed by atoms with Crippen LogP contribution >= 0.6 is 24.2 Å². The van der Waals surface area contributed by atoms with Gasteiger partial charge in [0.15, 0.2) is 5.17 Å². The molecule has 3 fully saturated rings. The standard InChI is InChI=1S/C25H37N3OS.ClH/c1-2-19-13-15-21(16-14-19)26-24(29)17-23-18-30-25(27-20-9-5-3-6-10-20)28(23)22-11-7-4-8-12-22;/h13-16,20,22-23H,2-12,17-18H2,1H3,(H,26,29);1H/b27-25-;. The molecule has 4 nitrogen and oxygen atoms in total. The first-order chi connectivity index (χ1) is 14.7. The maximum Gasteiger partial charge on any atom is 0.226 e. The Morgan fingerprint density at radius 3 is 2.32 bits per heavy atom. The van der Waals surface area contributed by atoms with E-state index in [-0.39, 0.29) is 24.4 Å². The van der Waals surface area contributed by atoms with Crippen molar-refractivity contribution in [3.05, 3.63) is 29.8 Å². The van der Waals surface area contributed by atoms with E-state index in [1.54, 1.807) is 0 Å². The Balaban J connectivity index is 0.00000272. The average molecular weight is 464 g/mol. The van der Waals surface area contributed by atoms with E-state index in [1.807, 2.05) is 23.9 Å². The van der Waals surface area contributed by atoms with Crippen LogP contribution in [0.25, 0.3) is 0 Å². The molecule has 1 aliphatic heterocycles. The second-order valence-electron chi connectivity index (χ2n) is 9.17. The molecule has 6 heteroatoms. The molecule has 3 aliphatic rings. The summed E-state index contributed by atoms with van der Waals surface area (Å²) in [6.45, 7) is 2.15. The lowest BCUT2D eigenvalue weighted by Gasteiger charge is -2.37. The van der Waals surface area contributed by atoms with E-state index in [0.29, 0.717) is 18.5 Å². The van der Waals surface area contributed by atoms with Crippen LogP contribution in [0.4, 0.5) is 5.69 Å². The van der Waals surface area contributed by atoms with Crippen LogP contribution in [0.5, 0.6) is 0 Å². The summed E-state index contributed by atoms with van der Waals surface area (Å²) in [5, 5.41) is 4.36. The third-order valence-electron chi connectivity index (χ3n) is 6.92. The molecule has 0 spiro atoms. The molecule has 1 N–H and O–H groups in total. The minimum absolute atomic E-state index is 0. The van der Waals surface area contributed by atoms with Crippen molar-refractivity contribution in [2.24, 2.45) is 4.99 Å². The van der Waals surface area contributed by atoms with Gasteiger partial charge >= 0.3 is 0 Å². The highest BCUT2D eigenvalue weighted by Crippen LogP contribution is 2.35. The lowest BCUT2D eigenvalue weighted by molar-refractivity contribution is -0.117. The molecule has 1 amide bonds. The fourth-order valence-corrected chi connectivity index (χ4v) is 6.46. The van der Waals surface area contributed by atoms with E-state index < -0.39 is 0 Å². The number of aliphatic imine (C=N–C) groups is 1. The number of rotatable bonds is 6. The van der Waals surface area contributed by atoms with Crippen molar-refractivity contribution in [1.82, 2.24) is 4.90 Å². The second-order valence-corrected chi connectivity index (χ2v) is 10.2. The van der Waals surface area contributed by atoms with Crippen LogP contribution in [-0.2, 0) is 11.2 Å². The number of nitrogens with one attached hydrogen (secondary N) is 1. The molecule has 2 saturated carbocycles. The zero-order valence-corrected chi connectivity index (χ0v) is 20.5. The van der Waals surface area contributed by atoms with E-state index in [4.69, 9.17) is 4.99 Å². The number of carbonyl (C=O) groups is 1. The number of amides is 1. The monoisotopic (exact) mass is 463 g/mol. The first-order valence-corrected chi connectivity index (χ1v) is 13.1. The summed E-state index contributed by atoms with van der Waals surface area (Å²) in [6, 6.07) is 9.59.